The molecule has 1 heterocycles. The van der Waals surface area contributed by atoms with Crippen LogP contribution in [0.4, 0.5) is 0 Å². The van der Waals surface area contributed by atoms with Crippen molar-refractivity contribution in [2.45, 2.75) is 32.2 Å². The first-order valence-corrected chi connectivity index (χ1v) is 6.15. The fourth-order valence-corrected chi connectivity index (χ4v) is 2.33. The Balaban J connectivity index is 2.18. The van der Waals surface area contributed by atoms with Crippen LogP contribution in [0.15, 0.2) is 0 Å². The number of methoxy groups -OCH3 is 1. The highest BCUT2D eigenvalue weighted by Gasteiger charge is 2.21. The Bertz CT molecular complexity index is 156. The van der Waals surface area contributed by atoms with Crippen molar-refractivity contribution >= 4 is 0 Å². The maximum absolute atomic E-state index is 5.21. The van der Waals surface area contributed by atoms with Gasteiger partial charge in [-0.05, 0) is 58.8 Å². The number of nitrogens with zero attached hydrogens (tertiary/aromatic N) is 1. The number of piperidine rings is 1. The lowest BCUT2D eigenvalue weighted by molar-refractivity contribution is 0.0815. The molecule has 3 heteroatoms. The molecule has 1 aliphatic heterocycles. The summed E-state index contributed by atoms with van der Waals surface area (Å²) in [5, 5.41) is 3.22. The maximum Gasteiger partial charge on any atom is 0.0491 e. The lowest BCUT2D eigenvalue weighted by atomic mass is 9.96. The molecule has 3 nitrogen and oxygen atoms in total. The van der Waals surface area contributed by atoms with Gasteiger partial charge in [0.25, 0.3) is 0 Å². The average Bonchev–Trinajstić information content (AvgIpc) is 2.27. The molecule has 0 aliphatic carbocycles. The van der Waals surface area contributed by atoms with Crippen LogP contribution in [0.5, 0.6) is 0 Å². The predicted molar refractivity (Wildman–Crippen MR) is 64.2 cm³/mol. The van der Waals surface area contributed by atoms with Crippen LogP contribution in [0.2, 0.25) is 0 Å². The summed E-state index contributed by atoms with van der Waals surface area (Å²) in [5.74, 6) is 0.794. The maximum atomic E-state index is 5.21. The first-order chi connectivity index (χ1) is 7.27. The number of rotatable bonds is 6. The molecule has 0 bridgehead atoms. The van der Waals surface area contributed by atoms with Crippen LogP contribution in [0.1, 0.15) is 26.2 Å². The van der Waals surface area contributed by atoms with Crippen molar-refractivity contribution in [3.8, 4) is 0 Å². The van der Waals surface area contributed by atoms with Crippen molar-refractivity contribution in [1.29, 1.82) is 0 Å². The van der Waals surface area contributed by atoms with E-state index in [9.17, 15) is 0 Å². The van der Waals surface area contributed by atoms with Gasteiger partial charge in [-0.3, -0.25) is 0 Å². The molecule has 0 aromatic carbocycles. The quantitative estimate of drug-likeness (QED) is 0.722. The van der Waals surface area contributed by atoms with E-state index >= 15 is 0 Å². The number of nitrogens with one attached hydrogen (secondary N) is 1. The van der Waals surface area contributed by atoms with Gasteiger partial charge in [0.15, 0.2) is 0 Å². The fourth-order valence-electron chi connectivity index (χ4n) is 2.33. The van der Waals surface area contributed by atoms with E-state index in [1.165, 1.54) is 32.4 Å². The van der Waals surface area contributed by atoms with Crippen LogP contribution < -0.4 is 5.32 Å². The summed E-state index contributed by atoms with van der Waals surface area (Å²) in [6.45, 7) is 6.91. The summed E-state index contributed by atoms with van der Waals surface area (Å²) >= 11 is 0. The third-order valence-corrected chi connectivity index (χ3v) is 3.49. The number of hydrogen-bond donors (Lipinski definition) is 1. The van der Waals surface area contributed by atoms with Gasteiger partial charge in [0.05, 0.1) is 0 Å². The SMILES string of the molecule is CNCCC(C)N1CCC(COC)CC1. The van der Waals surface area contributed by atoms with Gasteiger partial charge < -0.3 is 15.0 Å². The molecule has 1 saturated heterocycles. The molecule has 1 rings (SSSR count). The topological polar surface area (TPSA) is 24.5 Å². The molecule has 0 aromatic rings. The third-order valence-electron chi connectivity index (χ3n) is 3.49. The molecule has 0 aromatic heterocycles. The van der Waals surface area contributed by atoms with Gasteiger partial charge in [0.2, 0.25) is 0 Å². The molecule has 1 aliphatic rings. The molecular formula is C12H26N2O. The zero-order valence-corrected chi connectivity index (χ0v) is 10.5. The fraction of sp³-hybridized carbons (Fsp3) is 1.00. The van der Waals surface area contributed by atoms with Gasteiger partial charge in [-0.25, -0.2) is 0 Å². The highest BCUT2D eigenvalue weighted by Crippen LogP contribution is 2.19. The van der Waals surface area contributed by atoms with E-state index in [0.29, 0.717) is 0 Å². The summed E-state index contributed by atoms with van der Waals surface area (Å²) in [7, 11) is 3.83. The summed E-state index contributed by atoms with van der Waals surface area (Å²) in [6.07, 6.45) is 3.86. The highest BCUT2D eigenvalue weighted by molar-refractivity contribution is 4.76. The Morgan fingerprint density at radius 2 is 2.07 bits per heavy atom. The summed E-state index contributed by atoms with van der Waals surface area (Å²) < 4.78 is 5.21. The normalized spacial score (nSPS) is 21.8. The van der Waals surface area contributed by atoms with Gasteiger partial charge >= 0.3 is 0 Å². The van der Waals surface area contributed by atoms with Gasteiger partial charge in [-0.15, -0.1) is 0 Å². The monoisotopic (exact) mass is 214 g/mol. The van der Waals surface area contributed by atoms with Crippen molar-refractivity contribution < 1.29 is 4.74 Å². The summed E-state index contributed by atoms with van der Waals surface area (Å²) in [6, 6.07) is 0.723. The van der Waals surface area contributed by atoms with Gasteiger partial charge in [0, 0.05) is 19.8 Å². The molecule has 1 N–H and O–H groups in total. The average molecular weight is 214 g/mol. The van der Waals surface area contributed by atoms with Gasteiger partial charge in [-0.1, -0.05) is 0 Å². The zero-order chi connectivity index (χ0) is 11.1. The van der Waals surface area contributed by atoms with Crippen LogP contribution >= 0.6 is 0 Å². The lowest BCUT2D eigenvalue weighted by Gasteiger charge is -2.35. The van der Waals surface area contributed by atoms with E-state index < -0.39 is 0 Å². The van der Waals surface area contributed by atoms with E-state index in [2.05, 4.69) is 17.1 Å². The first kappa shape index (κ1) is 12.9. The molecule has 0 spiro atoms. The Kier molecular flexibility index (Phi) is 6.22. The molecule has 0 saturated carbocycles. The van der Waals surface area contributed by atoms with Crippen LogP contribution in [0.3, 0.4) is 0 Å². The van der Waals surface area contributed by atoms with Crippen molar-refractivity contribution in [2.75, 3.05) is 40.4 Å². The molecule has 1 fully saturated rings. The zero-order valence-electron chi connectivity index (χ0n) is 10.5. The molecule has 15 heavy (non-hydrogen) atoms. The minimum atomic E-state index is 0.723. The molecule has 1 atom stereocenters. The molecule has 0 radical (unpaired) electrons. The standard InChI is InChI=1S/C12H26N2O/c1-11(4-7-13-2)14-8-5-12(6-9-14)10-15-3/h11-13H,4-10H2,1-3H3. The predicted octanol–water partition coefficient (Wildman–Crippen LogP) is 1.34. The van der Waals surface area contributed by atoms with E-state index in [4.69, 9.17) is 4.74 Å². The summed E-state index contributed by atoms with van der Waals surface area (Å²) in [5.41, 5.74) is 0. The molecule has 0 amide bonds. The largest absolute Gasteiger partial charge is 0.384 e. The summed E-state index contributed by atoms with van der Waals surface area (Å²) in [4.78, 5) is 2.61. The van der Waals surface area contributed by atoms with Crippen LogP contribution in [0, 0.1) is 5.92 Å². The van der Waals surface area contributed by atoms with Crippen molar-refractivity contribution in [2.24, 2.45) is 5.92 Å². The van der Waals surface area contributed by atoms with Crippen LogP contribution in [0.25, 0.3) is 0 Å². The van der Waals surface area contributed by atoms with Crippen molar-refractivity contribution in [1.82, 2.24) is 10.2 Å². The molecule has 1 unspecified atom stereocenters. The molecular weight excluding hydrogens is 188 g/mol. The Morgan fingerprint density at radius 1 is 1.40 bits per heavy atom. The van der Waals surface area contributed by atoms with Crippen LogP contribution in [-0.4, -0.2) is 51.3 Å². The van der Waals surface area contributed by atoms with Gasteiger partial charge in [0.1, 0.15) is 0 Å². The lowest BCUT2D eigenvalue weighted by Crippen LogP contribution is -2.41. The molecule has 90 valence electrons. The Hall–Kier alpha value is -0.120. The first-order valence-electron chi connectivity index (χ1n) is 6.15. The van der Waals surface area contributed by atoms with E-state index in [-0.39, 0.29) is 0 Å². The van der Waals surface area contributed by atoms with E-state index in [1.54, 1.807) is 0 Å². The number of ether oxygens (including phenoxy) is 1. The smallest absolute Gasteiger partial charge is 0.0491 e. The van der Waals surface area contributed by atoms with Crippen molar-refractivity contribution in [3.05, 3.63) is 0 Å². The number of hydrogen-bond acceptors (Lipinski definition) is 3. The second-order valence-corrected chi connectivity index (χ2v) is 4.68. The Labute approximate surface area is 94.2 Å². The minimum Gasteiger partial charge on any atom is -0.384 e. The third kappa shape index (κ3) is 4.49. The van der Waals surface area contributed by atoms with E-state index in [1.807, 2.05) is 14.2 Å². The van der Waals surface area contributed by atoms with Crippen LogP contribution in [-0.2, 0) is 4.74 Å². The van der Waals surface area contributed by atoms with E-state index in [0.717, 1.165) is 25.1 Å². The highest BCUT2D eigenvalue weighted by atomic mass is 16.5. The number of likely N-dealkylation sites (tertiary alicyclic amines) is 1. The Morgan fingerprint density at radius 3 is 2.60 bits per heavy atom. The second kappa shape index (κ2) is 7.20. The second-order valence-electron chi connectivity index (χ2n) is 4.68. The minimum absolute atomic E-state index is 0.723. The van der Waals surface area contributed by atoms with Gasteiger partial charge in [-0.2, -0.15) is 0 Å². The van der Waals surface area contributed by atoms with Crippen molar-refractivity contribution in [3.63, 3.8) is 0 Å².